The highest BCUT2D eigenvalue weighted by atomic mass is 19.1. The SMILES string of the molecule is OC1(Cc2cccc(F)c2)CCCc2occc21. The zero-order valence-electron chi connectivity index (χ0n) is 10.0. The van der Waals surface area contributed by atoms with Crippen LogP contribution in [-0.2, 0) is 18.4 Å². The van der Waals surface area contributed by atoms with Crippen molar-refractivity contribution in [2.24, 2.45) is 0 Å². The summed E-state index contributed by atoms with van der Waals surface area (Å²) in [5, 5.41) is 10.8. The van der Waals surface area contributed by atoms with Gasteiger partial charge in [0.1, 0.15) is 11.6 Å². The quantitative estimate of drug-likeness (QED) is 0.882. The van der Waals surface area contributed by atoms with Gasteiger partial charge in [-0.25, -0.2) is 4.39 Å². The zero-order chi connectivity index (χ0) is 12.6. The maximum atomic E-state index is 13.2. The first-order valence-corrected chi connectivity index (χ1v) is 6.21. The molecule has 3 rings (SSSR count). The summed E-state index contributed by atoms with van der Waals surface area (Å²) in [6.07, 6.45) is 4.50. The minimum Gasteiger partial charge on any atom is -0.469 e. The highest BCUT2D eigenvalue weighted by Crippen LogP contribution is 2.38. The van der Waals surface area contributed by atoms with Gasteiger partial charge in [-0.3, -0.25) is 0 Å². The second-order valence-electron chi connectivity index (χ2n) is 4.95. The van der Waals surface area contributed by atoms with Crippen molar-refractivity contribution in [2.45, 2.75) is 31.3 Å². The largest absolute Gasteiger partial charge is 0.469 e. The minimum absolute atomic E-state index is 0.265. The topological polar surface area (TPSA) is 33.4 Å². The maximum absolute atomic E-state index is 13.2. The number of benzene rings is 1. The van der Waals surface area contributed by atoms with E-state index in [0.29, 0.717) is 12.8 Å². The van der Waals surface area contributed by atoms with E-state index in [1.165, 1.54) is 12.1 Å². The molecule has 0 spiro atoms. The van der Waals surface area contributed by atoms with E-state index in [-0.39, 0.29) is 5.82 Å². The Kier molecular flexibility index (Phi) is 2.71. The standard InChI is InChI=1S/C15H15FO2/c16-12-4-1-3-11(9-12)10-15(17)7-2-5-14-13(15)6-8-18-14/h1,3-4,6,8-9,17H,2,5,7,10H2. The first kappa shape index (κ1) is 11.5. The van der Waals surface area contributed by atoms with Crippen molar-refractivity contribution in [3.05, 3.63) is 59.3 Å². The monoisotopic (exact) mass is 246 g/mol. The molecule has 0 fully saturated rings. The van der Waals surface area contributed by atoms with Gasteiger partial charge >= 0.3 is 0 Å². The molecule has 1 unspecified atom stereocenters. The predicted octanol–water partition coefficient (Wildman–Crippen LogP) is 3.19. The van der Waals surface area contributed by atoms with Crippen LogP contribution in [0.3, 0.4) is 0 Å². The summed E-state index contributed by atoms with van der Waals surface area (Å²) in [6, 6.07) is 8.24. The van der Waals surface area contributed by atoms with E-state index in [1.54, 1.807) is 12.3 Å². The van der Waals surface area contributed by atoms with Crippen LogP contribution in [0, 0.1) is 5.82 Å². The van der Waals surface area contributed by atoms with Crippen LogP contribution in [0.2, 0.25) is 0 Å². The summed E-state index contributed by atoms with van der Waals surface area (Å²) >= 11 is 0. The van der Waals surface area contributed by atoms with Crippen LogP contribution in [-0.4, -0.2) is 5.11 Å². The third kappa shape index (κ3) is 1.95. The number of rotatable bonds is 2. The number of hydrogen-bond acceptors (Lipinski definition) is 2. The highest BCUT2D eigenvalue weighted by Gasteiger charge is 2.36. The van der Waals surface area contributed by atoms with Crippen LogP contribution in [0.4, 0.5) is 4.39 Å². The predicted molar refractivity (Wildman–Crippen MR) is 65.6 cm³/mol. The zero-order valence-corrected chi connectivity index (χ0v) is 10.0. The molecule has 0 saturated carbocycles. The molecule has 1 aliphatic rings. The lowest BCUT2D eigenvalue weighted by molar-refractivity contribution is 0.0168. The fourth-order valence-corrected chi connectivity index (χ4v) is 2.79. The molecule has 3 heteroatoms. The molecule has 1 heterocycles. The molecule has 2 aromatic rings. The Labute approximate surface area is 105 Å². The molecule has 0 radical (unpaired) electrons. The van der Waals surface area contributed by atoms with Crippen LogP contribution in [0.1, 0.15) is 29.7 Å². The Balaban J connectivity index is 1.93. The summed E-state index contributed by atoms with van der Waals surface area (Å²) in [5.74, 6) is 0.597. The van der Waals surface area contributed by atoms with Crippen molar-refractivity contribution in [1.82, 2.24) is 0 Å². The average Bonchev–Trinajstić information content (AvgIpc) is 2.78. The van der Waals surface area contributed by atoms with E-state index in [1.807, 2.05) is 12.1 Å². The van der Waals surface area contributed by atoms with Crippen molar-refractivity contribution in [1.29, 1.82) is 0 Å². The number of hydrogen-bond donors (Lipinski definition) is 1. The highest BCUT2D eigenvalue weighted by molar-refractivity contribution is 5.31. The number of halogens is 1. The number of fused-ring (bicyclic) bond motifs is 1. The molecule has 1 aliphatic carbocycles. The van der Waals surface area contributed by atoms with Crippen molar-refractivity contribution < 1.29 is 13.9 Å². The van der Waals surface area contributed by atoms with Gasteiger partial charge in [0.2, 0.25) is 0 Å². The van der Waals surface area contributed by atoms with Crippen LogP contribution in [0.5, 0.6) is 0 Å². The van der Waals surface area contributed by atoms with E-state index in [9.17, 15) is 9.50 Å². The second kappa shape index (κ2) is 4.25. The van der Waals surface area contributed by atoms with Crippen LogP contribution in [0.25, 0.3) is 0 Å². The number of furan rings is 1. The Morgan fingerprint density at radius 2 is 2.22 bits per heavy atom. The van der Waals surface area contributed by atoms with Crippen LogP contribution >= 0.6 is 0 Å². The Hall–Kier alpha value is -1.61. The molecule has 1 atom stereocenters. The van der Waals surface area contributed by atoms with Gasteiger partial charge in [0, 0.05) is 18.4 Å². The fourth-order valence-electron chi connectivity index (χ4n) is 2.79. The first-order chi connectivity index (χ1) is 8.67. The van der Waals surface area contributed by atoms with Gasteiger partial charge in [-0.05, 0) is 36.6 Å². The average molecular weight is 246 g/mol. The van der Waals surface area contributed by atoms with Crippen molar-refractivity contribution in [3.8, 4) is 0 Å². The molecule has 0 bridgehead atoms. The van der Waals surface area contributed by atoms with Gasteiger partial charge in [-0.1, -0.05) is 12.1 Å². The smallest absolute Gasteiger partial charge is 0.123 e. The third-order valence-electron chi connectivity index (χ3n) is 3.63. The molecular formula is C15H15FO2. The van der Waals surface area contributed by atoms with E-state index in [4.69, 9.17) is 4.42 Å². The summed E-state index contributed by atoms with van der Waals surface area (Å²) in [6.45, 7) is 0. The summed E-state index contributed by atoms with van der Waals surface area (Å²) in [4.78, 5) is 0. The maximum Gasteiger partial charge on any atom is 0.123 e. The molecule has 18 heavy (non-hydrogen) atoms. The Bertz CT molecular complexity index is 561. The first-order valence-electron chi connectivity index (χ1n) is 6.21. The molecule has 0 amide bonds. The molecule has 1 N–H and O–H groups in total. The van der Waals surface area contributed by atoms with Gasteiger partial charge in [-0.2, -0.15) is 0 Å². The van der Waals surface area contributed by atoms with E-state index in [2.05, 4.69) is 0 Å². The van der Waals surface area contributed by atoms with Gasteiger partial charge in [-0.15, -0.1) is 0 Å². The van der Waals surface area contributed by atoms with Crippen LogP contribution < -0.4 is 0 Å². The van der Waals surface area contributed by atoms with E-state index < -0.39 is 5.60 Å². The molecule has 0 saturated heterocycles. The third-order valence-corrected chi connectivity index (χ3v) is 3.63. The molecule has 94 valence electrons. The van der Waals surface area contributed by atoms with Gasteiger partial charge in [0.15, 0.2) is 0 Å². The summed E-state index contributed by atoms with van der Waals surface area (Å²) in [7, 11) is 0. The lowest BCUT2D eigenvalue weighted by Crippen LogP contribution is -2.32. The molecule has 0 aliphatic heterocycles. The van der Waals surface area contributed by atoms with Gasteiger partial charge in [0.05, 0.1) is 11.9 Å². The number of aliphatic hydroxyl groups is 1. The molecule has 2 nitrogen and oxygen atoms in total. The van der Waals surface area contributed by atoms with Crippen molar-refractivity contribution >= 4 is 0 Å². The van der Waals surface area contributed by atoms with Crippen molar-refractivity contribution in [3.63, 3.8) is 0 Å². The molecule has 1 aromatic carbocycles. The summed E-state index contributed by atoms with van der Waals surface area (Å²) < 4.78 is 18.6. The number of aryl methyl sites for hydroxylation is 1. The fraction of sp³-hybridized carbons (Fsp3) is 0.333. The minimum atomic E-state index is -0.922. The summed E-state index contributed by atoms with van der Waals surface area (Å²) in [5.41, 5.74) is 0.749. The van der Waals surface area contributed by atoms with E-state index in [0.717, 1.165) is 29.7 Å². The second-order valence-corrected chi connectivity index (χ2v) is 4.95. The van der Waals surface area contributed by atoms with Gasteiger partial charge < -0.3 is 9.52 Å². The lowest BCUT2D eigenvalue weighted by Gasteiger charge is -2.31. The lowest BCUT2D eigenvalue weighted by atomic mass is 9.79. The molecule has 1 aromatic heterocycles. The van der Waals surface area contributed by atoms with Crippen LogP contribution in [0.15, 0.2) is 41.0 Å². The van der Waals surface area contributed by atoms with Gasteiger partial charge in [0.25, 0.3) is 0 Å². The molecular weight excluding hydrogens is 231 g/mol. The normalized spacial score (nSPS) is 22.8. The van der Waals surface area contributed by atoms with E-state index >= 15 is 0 Å². The Morgan fingerprint density at radius 3 is 3.06 bits per heavy atom. The van der Waals surface area contributed by atoms with Crippen molar-refractivity contribution in [2.75, 3.05) is 0 Å². The Morgan fingerprint density at radius 1 is 1.33 bits per heavy atom.